The van der Waals surface area contributed by atoms with Gasteiger partial charge < -0.3 is 4.74 Å². The molecule has 0 aromatic rings. The van der Waals surface area contributed by atoms with Crippen LogP contribution in [0.25, 0.3) is 0 Å². The molecule has 0 aromatic carbocycles. The quantitative estimate of drug-likeness (QED) is 0.544. The molecule has 0 radical (unpaired) electrons. The van der Waals surface area contributed by atoms with Gasteiger partial charge in [-0.05, 0) is 12.8 Å². The summed E-state index contributed by atoms with van der Waals surface area (Å²) in [5, 5.41) is 0.924. The predicted octanol–water partition coefficient (Wildman–Crippen LogP) is 3.00. The van der Waals surface area contributed by atoms with Crippen molar-refractivity contribution in [2.75, 3.05) is 24.7 Å². The molecule has 0 spiro atoms. The van der Waals surface area contributed by atoms with E-state index < -0.39 is 0 Å². The van der Waals surface area contributed by atoms with E-state index in [0.29, 0.717) is 0 Å². The van der Waals surface area contributed by atoms with E-state index in [9.17, 15) is 0 Å². The lowest BCUT2D eigenvalue weighted by molar-refractivity contribution is 0.167. The number of thiol groups is 1. The highest BCUT2D eigenvalue weighted by Crippen LogP contribution is 2.27. The third-order valence-corrected chi connectivity index (χ3v) is 3.90. The Bertz CT molecular complexity index is 113. The van der Waals surface area contributed by atoms with Gasteiger partial charge in [0.15, 0.2) is 0 Å². The minimum atomic E-state index is 0.800. The van der Waals surface area contributed by atoms with Gasteiger partial charge in [-0.1, -0.05) is 19.3 Å². The zero-order valence-electron chi connectivity index (χ0n) is 8.21. The second-order valence-corrected chi connectivity index (χ2v) is 5.32. The van der Waals surface area contributed by atoms with Gasteiger partial charge in [-0.3, -0.25) is 0 Å². The van der Waals surface area contributed by atoms with Crippen LogP contribution in [-0.4, -0.2) is 30.0 Å². The van der Waals surface area contributed by atoms with E-state index >= 15 is 0 Å². The second kappa shape index (κ2) is 8.01. The van der Waals surface area contributed by atoms with Crippen molar-refractivity contribution in [1.29, 1.82) is 0 Å². The standard InChI is InChI=1S/C10H20OS2/c12-8-6-11-7-9-13-10-4-2-1-3-5-10/h10,12H,1-9H2. The monoisotopic (exact) mass is 220 g/mol. The smallest absolute Gasteiger partial charge is 0.0557 e. The second-order valence-electron chi connectivity index (χ2n) is 3.47. The van der Waals surface area contributed by atoms with Crippen LogP contribution in [0, 0.1) is 0 Å². The minimum Gasteiger partial charge on any atom is -0.380 e. The third-order valence-electron chi connectivity index (χ3n) is 2.37. The van der Waals surface area contributed by atoms with E-state index in [1.54, 1.807) is 0 Å². The molecule has 1 fully saturated rings. The SMILES string of the molecule is SCCOCCSC1CCCCC1. The molecule has 0 bridgehead atoms. The number of thioether (sulfide) groups is 1. The maximum Gasteiger partial charge on any atom is 0.0557 e. The Morgan fingerprint density at radius 3 is 2.62 bits per heavy atom. The fraction of sp³-hybridized carbons (Fsp3) is 1.00. The van der Waals surface area contributed by atoms with Crippen LogP contribution in [0.4, 0.5) is 0 Å². The molecule has 0 N–H and O–H groups in total. The summed E-state index contributed by atoms with van der Waals surface area (Å²) in [5.41, 5.74) is 0. The highest BCUT2D eigenvalue weighted by molar-refractivity contribution is 7.99. The zero-order chi connectivity index (χ0) is 9.36. The molecular weight excluding hydrogens is 200 g/mol. The summed E-state index contributed by atoms with van der Waals surface area (Å²) in [6, 6.07) is 0. The fourth-order valence-corrected chi connectivity index (χ4v) is 3.02. The van der Waals surface area contributed by atoms with E-state index in [2.05, 4.69) is 24.4 Å². The Kier molecular flexibility index (Phi) is 7.23. The lowest BCUT2D eigenvalue weighted by Crippen LogP contribution is -2.10. The summed E-state index contributed by atoms with van der Waals surface area (Å²) in [5.74, 6) is 2.01. The van der Waals surface area contributed by atoms with E-state index in [1.165, 1.54) is 37.9 Å². The van der Waals surface area contributed by atoms with E-state index in [-0.39, 0.29) is 0 Å². The molecule has 1 rings (SSSR count). The van der Waals surface area contributed by atoms with Crippen molar-refractivity contribution in [2.24, 2.45) is 0 Å². The van der Waals surface area contributed by atoms with Crippen molar-refractivity contribution in [3.63, 3.8) is 0 Å². The first-order valence-electron chi connectivity index (χ1n) is 5.23. The lowest BCUT2D eigenvalue weighted by atomic mass is 10.0. The Morgan fingerprint density at radius 2 is 1.92 bits per heavy atom. The first-order valence-corrected chi connectivity index (χ1v) is 6.92. The first kappa shape index (κ1) is 11.7. The van der Waals surface area contributed by atoms with E-state index in [1.807, 2.05) is 0 Å². The highest BCUT2D eigenvalue weighted by Gasteiger charge is 2.12. The summed E-state index contributed by atoms with van der Waals surface area (Å²) in [6.45, 7) is 1.70. The topological polar surface area (TPSA) is 9.23 Å². The maximum atomic E-state index is 5.38. The molecule has 0 atom stereocenters. The van der Waals surface area contributed by atoms with Crippen LogP contribution in [0.5, 0.6) is 0 Å². The Balaban J connectivity index is 1.86. The van der Waals surface area contributed by atoms with Crippen LogP contribution >= 0.6 is 24.4 Å². The molecule has 0 heterocycles. The van der Waals surface area contributed by atoms with Gasteiger partial charge in [-0.2, -0.15) is 24.4 Å². The van der Waals surface area contributed by atoms with Gasteiger partial charge in [0.2, 0.25) is 0 Å². The number of rotatable bonds is 6. The molecule has 0 saturated heterocycles. The van der Waals surface area contributed by atoms with Crippen molar-refractivity contribution in [3.05, 3.63) is 0 Å². The van der Waals surface area contributed by atoms with Gasteiger partial charge in [-0.25, -0.2) is 0 Å². The molecule has 0 amide bonds. The molecule has 1 saturated carbocycles. The largest absolute Gasteiger partial charge is 0.380 e. The number of hydrogen-bond acceptors (Lipinski definition) is 3. The van der Waals surface area contributed by atoms with Crippen molar-refractivity contribution in [2.45, 2.75) is 37.4 Å². The van der Waals surface area contributed by atoms with Crippen LogP contribution in [0.3, 0.4) is 0 Å². The zero-order valence-corrected chi connectivity index (χ0v) is 9.92. The molecule has 13 heavy (non-hydrogen) atoms. The first-order chi connectivity index (χ1) is 6.43. The van der Waals surface area contributed by atoms with Gasteiger partial charge in [0.05, 0.1) is 13.2 Å². The molecule has 1 aliphatic carbocycles. The van der Waals surface area contributed by atoms with Gasteiger partial charge in [-0.15, -0.1) is 0 Å². The molecule has 0 aromatic heterocycles. The van der Waals surface area contributed by atoms with Crippen molar-refractivity contribution < 1.29 is 4.74 Å². The summed E-state index contributed by atoms with van der Waals surface area (Å²) >= 11 is 6.19. The summed E-state index contributed by atoms with van der Waals surface area (Å²) in [6.07, 6.45) is 7.19. The molecule has 3 heteroatoms. The average molecular weight is 220 g/mol. The highest BCUT2D eigenvalue weighted by atomic mass is 32.2. The predicted molar refractivity (Wildman–Crippen MR) is 64.0 cm³/mol. The molecule has 0 unspecified atom stereocenters. The Hall–Kier alpha value is 0.660. The van der Waals surface area contributed by atoms with Gasteiger partial charge in [0, 0.05) is 16.8 Å². The average Bonchev–Trinajstić information content (AvgIpc) is 2.19. The van der Waals surface area contributed by atoms with Crippen LogP contribution in [0.1, 0.15) is 32.1 Å². The van der Waals surface area contributed by atoms with Crippen molar-refractivity contribution >= 4 is 24.4 Å². The third kappa shape index (κ3) is 5.87. The van der Waals surface area contributed by atoms with Gasteiger partial charge in [0.25, 0.3) is 0 Å². The van der Waals surface area contributed by atoms with E-state index in [4.69, 9.17) is 4.74 Å². The summed E-state index contributed by atoms with van der Waals surface area (Å²) < 4.78 is 5.38. The Morgan fingerprint density at radius 1 is 1.15 bits per heavy atom. The molecule has 1 aliphatic rings. The minimum absolute atomic E-state index is 0.800. The van der Waals surface area contributed by atoms with Crippen LogP contribution in [0.2, 0.25) is 0 Å². The van der Waals surface area contributed by atoms with Gasteiger partial charge >= 0.3 is 0 Å². The molecule has 0 aliphatic heterocycles. The normalized spacial score (nSPS) is 19.2. The van der Waals surface area contributed by atoms with E-state index in [0.717, 1.165) is 24.2 Å². The number of ether oxygens (including phenoxy) is 1. The lowest BCUT2D eigenvalue weighted by Gasteiger charge is -2.20. The molecule has 1 nitrogen and oxygen atoms in total. The van der Waals surface area contributed by atoms with Crippen molar-refractivity contribution in [3.8, 4) is 0 Å². The summed E-state index contributed by atoms with van der Waals surface area (Å²) in [7, 11) is 0. The van der Waals surface area contributed by atoms with Gasteiger partial charge in [0.1, 0.15) is 0 Å². The van der Waals surface area contributed by atoms with Crippen LogP contribution in [0.15, 0.2) is 0 Å². The van der Waals surface area contributed by atoms with Crippen LogP contribution < -0.4 is 0 Å². The Labute approximate surface area is 91.4 Å². The molecule has 78 valence electrons. The molecular formula is C10H20OS2. The number of hydrogen-bond donors (Lipinski definition) is 1. The maximum absolute atomic E-state index is 5.38. The fourth-order valence-electron chi connectivity index (χ4n) is 1.67. The summed E-state index contributed by atoms with van der Waals surface area (Å²) in [4.78, 5) is 0. The van der Waals surface area contributed by atoms with Crippen molar-refractivity contribution in [1.82, 2.24) is 0 Å². The van der Waals surface area contributed by atoms with Crippen LogP contribution in [-0.2, 0) is 4.74 Å².